The van der Waals surface area contributed by atoms with Crippen LogP contribution in [0.15, 0.2) is 10.5 Å². The van der Waals surface area contributed by atoms with Crippen molar-refractivity contribution in [2.75, 3.05) is 20.8 Å². The highest BCUT2D eigenvalue weighted by Gasteiger charge is 2.25. The van der Waals surface area contributed by atoms with Gasteiger partial charge in [-0.1, -0.05) is 0 Å². The van der Waals surface area contributed by atoms with Gasteiger partial charge in [0, 0.05) is 11.1 Å². The molecule has 0 radical (unpaired) electrons. The predicted molar refractivity (Wildman–Crippen MR) is 72.9 cm³/mol. The Bertz CT molecular complexity index is 510. The molecule has 6 heteroatoms. The maximum absolute atomic E-state index is 12.0. The molecule has 1 aromatic carbocycles. The molecule has 0 fully saturated rings. The van der Waals surface area contributed by atoms with Crippen LogP contribution in [0.2, 0.25) is 0 Å². The number of Topliss-reactive ketones (excluding diaryl/α,β-unsaturated/α-hetero) is 1. The Morgan fingerprint density at radius 3 is 2.26 bits per heavy atom. The molecule has 0 spiro atoms. The number of methoxy groups -OCH3 is 2. The number of ether oxygens (including phenoxy) is 3. The highest BCUT2D eigenvalue weighted by atomic mass is 79.9. The third-order valence-corrected chi connectivity index (χ3v) is 3.14. The highest BCUT2D eigenvalue weighted by Crippen LogP contribution is 2.39. The van der Waals surface area contributed by atoms with E-state index in [4.69, 9.17) is 14.2 Å². The fourth-order valence-electron chi connectivity index (χ4n) is 1.68. The minimum absolute atomic E-state index is 0.151. The van der Waals surface area contributed by atoms with Crippen LogP contribution in [0, 0.1) is 6.92 Å². The fraction of sp³-hybridized carbons (Fsp3) is 0.385. The monoisotopic (exact) mass is 330 g/mol. The lowest BCUT2D eigenvalue weighted by atomic mass is 10.0. The first-order chi connectivity index (χ1) is 8.97. The zero-order valence-corrected chi connectivity index (χ0v) is 12.8. The molecule has 0 amide bonds. The van der Waals surface area contributed by atoms with E-state index in [1.165, 1.54) is 20.3 Å². The maximum Gasteiger partial charge on any atom is 0.379 e. The zero-order chi connectivity index (χ0) is 14.6. The summed E-state index contributed by atoms with van der Waals surface area (Å²) < 4.78 is 15.6. The molecule has 0 aromatic heterocycles. The second kappa shape index (κ2) is 6.56. The Hall–Kier alpha value is -1.56. The smallest absolute Gasteiger partial charge is 0.379 e. The third-order valence-electron chi connectivity index (χ3n) is 2.55. The normalized spacial score (nSPS) is 9.95. The van der Waals surface area contributed by atoms with E-state index in [2.05, 4.69) is 15.9 Å². The summed E-state index contributed by atoms with van der Waals surface area (Å²) in [5, 5.41) is 0. The van der Waals surface area contributed by atoms with Crippen molar-refractivity contribution < 1.29 is 23.8 Å². The van der Waals surface area contributed by atoms with E-state index in [1.54, 1.807) is 13.8 Å². The second-order valence-electron chi connectivity index (χ2n) is 3.65. The first-order valence-electron chi connectivity index (χ1n) is 5.60. The summed E-state index contributed by atoms with van der Waals surface area (Å²) in [5.74, 6) is -0.712. The van der Waals surface area contributed by atoms with Gasteiger partial charge in [-0.25, -0.2) is 4.79 Å². The Kier molecular flexibility index (Phi) is 5.35. The Morgan fingerprint density at radius 1 is 1.21 bits per heavy atom. The van der Waals surface area contributed by atoms with E-state index in [0.717, 1.165) is 0 Å². The molecule has 0 saturated heterocycles. The van der Waals surface area contributed by atoms with E-state index >= 15 is 0 Å². The summed E-state index contributed by atoms with van der Waals surface area (Å²) in [7, 11) is 2.96. The van der Waals surface area contributed by atoms with Crippen LogP contribution in [0.4, 0.5) is 0 Å². The van der Waals surface area contributed by atoms with Crippen molar-refractivity contribution in [2.24, 2.45) is 0 Å². The van der Waals surface area contributed by atoms with Gasteiger partial charge in [-0.05, 0) is 35.8 Å². The summed E-state index contributed by atoms with van der Waals surface area (Å²) in [5.41, 5.74) is 0.753. The lowest BCUT2D eigenvalue weighted by Crippen LogP contribution is -2.19. The van der Waals surface area contributed by atoms with Gasteiger partial charge in [0.1, 0.15) is 0 Å². The van der Waals surface area contributed by atoms with Crippen molar-refractivity contribution in [3.63, 3.8) is 0 Å². The van der Waals surface area contributed by atoms with Crippen molar-refractivity contribution in [1.82, 2.24) is 0 Å². The van der Waals surface area contributed by atoms with Gasteiger partial charge >= 0.3 is 5.97 Å². The number of rotatable bonds is 5. The fourth-order valence-corrected chi connectivity index (χ4v) is 2.25. The first-order valence-corrected chi connectivity index (χ1v) is 6.39. The quantitative estimate of drug-likeness (QED) is 0.471. The van der Waals surface area contributed by atoms with E-state index in [-0.39, 0.29) is 12.2 Å². The summed E-state index contributed by atoms with van der Waals surface area (Å²) in [4.78, 5) is 23.5. The summed E-state index contributed by atoms with van der Waals surface area (Å²) >= 11 is 3.28. The molecule has 104 valence electrons. The number of halogens is 1. The summed E-state index contributed by atoms with van der Waals surface area (Å²) in [6.07, 6.45) is 0. The van der Waals surface area contributed by atoms with Crippen LogP contribution < -0.4 is 9.47 Å². The van der Waals surface area contributed by atoms with Crippen LogP contribution in [0.5, 0.6) is 11.5 Å². The second-order valence-corrected chi connectivity index (χ2v) is 4.50. The molecular formula is C13H15BrO5. The van der Waals surface area contributed by atoms with Crippen LogP contribution in [-0.4, -0.2) is 32.6 Å². The minimum Gasteiger partial charge on any atom is -0.493 e. The van der Waals surface area contributed by atoms with Gasteiger partial charge in [-0.2, -0.15) is 0 Å². The van der Waals surface area contributed by atoms with Crippen molar-refractivity contribution in [2.45, 2.75) is 13.8 Å². The average molecular weight is 331 g/mol. The number of hydrogen-bond donors (Lipinski definition) is 0. The molecule has 0 unspecified atom stereocenters. The van der Waals surface area contributed by atoms with Crippen molar-refractivity contribution in [1.29, 1.82) is 0 Å². The van der Waals surface area contributed by atoms with Gasteiger partial charge in [-0.3, -0.25) is 4.79 Å². The van der Waals surface area contributed by atoms with E-state index < -0.39 is 11.8 Å². The molecule has 0 bridgehead atoms. The highest BCUT2D eigenvalue weighted by molar-refractivity contribution is 9.10. The third kappa shape index (κ3) is 3.07. The molecule has 1 rings (SSSR count). The molecule has 0 aliphatic heterocycles. The maximum atomic E-state index is 12.0. The van der Waals surface area contributed by atoms with Crippen LogP contribution in [0.3, 0.4) is 0 Å². The SMILES string of the molecule is CCOC(=O)C(=O)c1cc(Br)c(OC)c(OC)c1C. The molecule has 1 aromatic rings. The Labute approximate surface area is 120 Å². The minimum atomic E-state index is -0.885. The average Bonchev–Trinajstić information content (AvgIpc) is 2.39. The lowest BCUT2D eigenvalue weighted by molar-refractivity contribution is -0.137. The number of hydrogen-bond acceptors (Lipinski definition) is 5. The predicted octanol–water partition coefficient (Wildman–Crippen LogP) is 2.52. The van der Waals surface area contributed by atoms with Crippen LogP contribution >= 0.6 is 15.9 Å². The van der Waals surface area contributed by atoms with Crippen LogP contribution in [-0.2, 0) is 9.53 Å². The van der Waals surface area contributed by atoms with Gasteiger partial charge in [0.25, 0.3) is 5.78 Å². The number of carbonyl (C=O) groups excluding carboxylic acids is 2. The summed E-state index contributed by atoms with van der Waals surface area (Å²) in [6.45, 7) is 3.47. The number of carbonyl (C=O) groups is 2. The largest absolute Gasteiger partial charge is 0.493 e. The number of benzene rings is 1. The molecule has 0 aliphatic carbocycles. The summed E-state index contributed by atoms with van der Waals surface area (Å²) in [6, 6.07) is 1.52. The lowest BCUT2D eigenvalue weighted by Gasteiger charge is -2.15. The molecular weight excluding hydrogens is 316 g/mol. The molecule has 0 N–H and O–H groups in total. The van der Waals surface area contributed by atoms with Gasteiger partial charge in [0.2, 0.25) is 0 Å². The molecule has 0 saturated carbocycles. The first kappa shape index (κ1) is 15.5. The molecule has 5 nitrogen and oxygen atoms in total. The van der Waals surface area contributed by atoms with Crippen molar-refractivity contribution in [3.8, 4) is 11.5 Å². The molecule has 19 heavy (non-hydrogen) atoms. The Balaban J connectivity index is 3.34. The van der Waals surface area contributed by atoms with Gasteiger partial charge in [-0.15, -0.1) is 0 Å². The Morgan fingerprint density at radius 2 is 1.79 bits per heavy atom. The molecule has 0 atom stereocenters. The topological polar surface area (TPSA) is 61.8 Å². The molecule has 0 heterocycles. The molecule has 0 aliphatic rings. The number of esters is 1. The standard InChI is InChI=1S/C13H15BrO5/c1-5-19-13(16)10(15)8-6-9(14)12(18-4)11(17-3)7(8)2/h6H,5H2,1-4H3. The van der Waals surface area contributed by atoms with E-state index in [0.29, 0.717) is 21.5 Å². The van der Waals surface area contributed by atoms with Crippen LogP contribution in [0.25, 0.3) is 0 Å². The van der Waals surface area contributed by atoms with E-state index in [1.807, 2.05) is 0 Å². The van der Waals surface area contributed by atoms with Gasteiger partial charge in [0.15, 0.2) is 11.5 Å². The van der Waals surface area contributed by atoms with Gasteiger partial charge in [0.05, 0.1) is 25.3 Å². The van der Waals surface area contributed by atoms with Crippen molar-refractivity contribution >= 4 is 27.7 Å². The number of ketones is 1. The van der Waals surface area contributed by atoms with E-state index in [9.17, 15) is 9.59 Å². The van der Waals surface area contributed by atoms with Crippen LogP contribution in [0.1, 0.15) is 22.8 Å². The van der Waals surface area contributed by atoms with Gasteiger partial charge < -0.3 is 14.2 Å². The zero-order valence-electron chi connectivity index (χ0n) is 11.2. The van der Waals surface area contributed by atoms with Crippen molar-refractivity contribution in [3.05, 3.63) is 21.7 Å².